The summed E-state index contributed by atoms with van der Waals surface area (Å²) in [6, 6.07) is 0. The number of rotatable bonds is 13. The maximum atomic E-state index is 10.4. The van der Waals surface area contributed by atoms with Crippen molar-refractivity contribution in [2.45, 2.75) is 92.9 Å². The Labute approximate surface area is 156 Å². The van der Waals surface area contributed by atoms with E-state index >= 15 is 0 Å². The number of hydrogen-bond donors (Lipinski definition) is 2. The van der Waals surface area contributed by atoms with E-state index in [1.807, 2.05) is 0 Å². The summed E-state index contributed by atoms with van der Waals surface area (Å²) < 4.78 is 5.08. The molecule has 24 heavy (non-hydrogen) atoms. The Morgan fingerprint density at radius 2 is 1.21 bits per heavy atom. The van der Waals surface area contributed by atoms with Gasteiger partial charge in [0.1, 0.15) is 0 Å². The van der Waals surface area contributed by atoms with Gasteiger partial charge in [-0.05, 0) is 5.92 Å². The Bertz CT molecular complexity index is 299. The molecule has 1 atom stereocenters. The van der Waals surface area contributed by atoms with Crippen LogP contribution in [0.1, 0.15) is 79.6 Å². The summed E-state index contributed by atoms with van der Waals surface area (Å²) in [7, 11) is 0. The Balaban J connectivity index is 0. The van der Waals surface area contributed by atoms with Gasteiger partial charge in [-0.2, -0.15) is 0 Å². The molecule has 1 unspecified atom stereocenters. The van der Waals surface area contributed by atoms with Crippen molar-refractivity contribution in [2.24, 2.45) is 11.8 Å². The normalized spacial score (nSPS) is 12.0. The summed E-state index contributed by atoms with van der Waals surface area (Å²) in [6.07, 6.45) is 8.58. The van der Waals surface area contributed by atoms with E-state index in [1.165, 1.54) is 38.5 Å². The molecule has 5 heteroatoms. The first-order chi connectivity index (χ1) is 11.3. The Kier molecular flexibility index (Phi) is 19.0. The fraction of sp³-hybridized carbons (Fsp3) is 0.895. The van der Waals surface area contributed by atoms with Gasteiger partial charge in [-0.15, -0.1) is 0 Å². The predicted octanol–water partition coefficient (Wildman–Crippen LogP) is 5.43. The molecule has 0 amide bonds. The standard InChI is InChI=1S/C7H12O4.3C4H9.Sn.H/c1-4(2)5(7(10)11)3-6(8)9;3*1-3-4-2;;/h4-5H,3H2,1-2H3,(H,8,9)(H,10,11);3*1,3-4H2,2H3;;. The molecule has 144 valence electrons. The average molecular weight is 451 g/mol. The fourth-order valence-electron chi connectivity index (χ4n) is 2.71. The second kappa shape index (κ2) is 17.6. The summed E-state index contributed by atoms with van der Waals surface area (Å²) in [5, 5.41) is 16.8. The molecule has 0 aliphatic carbocycles. The monoisotopic (exact) mass is 452 g/mol. The maximum absolute atomic E-state index is 10.4. The minimum atomic E-state index is -1.06. The van der Waals surface area contributed by atoms with E-state index in [2.05, 4.69) is 20.8 Å². The molecular weight excluding hydrogens is 411 g/mol. The van der Waals surface area contributed by atoms with Gasteiger partial charge in [0, 0.05) is 0 Å². The molecule has 0 aromatic carbocycles. The van der Waals surface area contributed by atoms with Gasteiger partial charge in [-0.1, -0.05) is 13.8 Å². The van der Waals surface area contributed by atoms with Gasteiger partial charge >= 0.3 is 104 Å². The van der Waals surface area contributed by atoms with Crippen LogP contribution in [0.3, 0.4) is 0 Å². The molecule has 0 fully saturated rings. The van der Waals surface area contributed by atoms with Crippen LogP contribution in [0.25, 0.3) is 0 Å². The first kappa shape index (κ1) is 26.0. The van der Waals surface area contributed by atoms with Crippen LogP contribution in [0.2, 0.25) is 13.3 Å². The van der Waals surface area contributed by atoms with E-state index in [9.17, 15) is 9.59 Å². The molecule has 0 spiro atoms. The molecule has 0 bridgehead atoms. The van der Waals surface area contributed by atoms with Crippen LogP contribution in [-0.2, 0) is 9.59 Å². The van der Waals surface area contributed by atoms with Crippen LogP contribution in [0.5, 0.6) is 0 Å². The SMILES string of the molecule is CC(C)C(CC(=O)O)C(=O)O.CCC[CH2][SnH]([CH2]CCC)[CH2]CCC. The third-order valence-corrected chi connectivity index (χ3v) is 14.9. The van der Waals surface area contributed by atoms with Crippen molar-refractivity contribution in [3.8, 4) is 0 Å². The van der Waals surface area contributed by atoms with Gasteiger partial charge < -0.3 is 10.2 Å². The van der Waals surface area contributed by atoms with Crippen LogP contribution in [0.15, 0.2) is 0 Å². The van der Waals surface area contributed by atoms with E-state index in [-0.39, 0.29) is 12.3 Å². The first-order valence-corrected chi connectivity index (χ1v) is 16.7. The fourth-order valence-corrected chi connectivity index (χ4v) is 13.6. The van der Waals surface area contributed by atoms with Crippen LogP contribution in [0.4, 0.5) is 0 Å². The van der Waals surface area contributed by atoms with Crippen LogP contribution >= 0.6 is 0 Å². The third-order valence-electron chi connectivity index (χ3n) is 4.41. The molecule has 0 radical (unpaired) electrons. The summed E-state index contributed by atoms with van der Waals surface area (Å²) in [5.74, 6) is -3.01. The molecule has 0 rings (SSSR count). The molecular formula is C19H40O4Sn. The predicted molar refractivity (Wildman–Crippen MR) is 105 cm³/mol. The van der Waals surface area contributed by atoms with Gasteiger partial charge in [0.05, 0.1) is 12.3 Å². The number of unbranched alkanes of at least 4 members (excludes halogenated alkanes) is 3. The van der Waals surface area contributed by atoms with E-state index in [0.717, 1.165) is 0 Å². The van der Waals surface area contributed by atoms with Crippen LogP contribution in [-0.4, -0.2) is 41.9 Å². The summed E-state index contributed by atoms with van der Waals surface area (Å²) in [5.41, 5.74) is 0. The Hall–Kier alpha value is -0.261. The van der Waals surface area contributed by atoms with E-state index < -0.39 is 37.6 Å². The van der Waals surface area contributed by atoms with Crippen molar-refractivity contribution in [1.29, 1.82) is 0 Å². The molecule has 0 aromatic rings. The molecule has 0 aliphatic heterocycles. The Morgan fingerprint density at radius 3 is 1.38 bits per heavy atom. The van der Waals surface area contributed by atoms with Crippen molar-refractivity contribution in [3.05, 3.63) is 0 Å². The van der Waals surface area contributed by atoms with E-state index in [4.69, 9.17) is 10.2 Å². The number of aliphatic carboxylic acids is 2. The third kappa shape index (κ3) is 16.6. The zero-order chi connectivity index (χ0) is 19.0. The van der Waals surface area contributed by atoms with Gasteiger partial charge in [0.2, 0.25) is 0 Å². The molecule has 0 aliphatic rings. The molecule has 4 nitrogen and oxygen atoms in total. The topological polar surface area (TPSA) is 74.6 Å². The van der Waals surface area contributed by atoms with Crippen molar-refractivity contribution in [3.63, 3.8) is 0 Å². The number of hydrogen-bond acceptors (Lipinski definition) is 2. The summed E-state index contributed by atoms with van der Waals surface area (Å²) in [4.78, 5) is 20.6. The molecule has 0 aromatic heterocycles. The summed E-state index contributed by atoms with van der Waals surface area (Å²) >= 11 is -0.967. The van der Waals surface area contributed by atoms with Gasteiger partial charge in [-0.25, -0.2) is 0 Å². The van der Waals surface area contributed by atoms with Crippen LogP contribution < -0.4 is 0 Å². The zero-order valence-corrected chi connectivity index (χ0v) is 19.8. The molecule has 2 N–H and O–H groups in total. The van der Waals surface area contributed by atoms with Crippen molar-refractivity contribution in [2.75, 3.05) is 0 Å². The number of carbonyl (C=O) groups is 2. The van der Waals surface area contributed by atoms with Crippen molar-refractivity contribution in [1.82, 2.24) is 0 Å². The first-order valence-electron chi connectivity index (χ1n) is 9.74. The molecule has 0 saturated carbocycles. The average Bonchev–Trinajstić information content (AvgIpc) is 2.51. The summed E-state index contributed by atoms with van der Waals surface area (Å²) in [6.45, 7) is 10.4. The second-order valence-electron chi connectivity index (χ2n) is 7.08. The molecule has 0 heterocycles. The minimum absolute atomic E-state index is 0.136. The van der Waals surface area contributed by atoms with Gasteiger partial charge in [-0.3, -0.25) is 9.59 Å². The zero-order valence-electron chi connectivity index (χ0n) is 16.5. The van der Waals surface area contributed by atoms with E-state index in [0.29, 0.717) is 0 Å². The second-order valence-corrected chi connectivity index (χ2v) is 17.0. The molecule has 0 saturated heterocycles. The quantitative estimate of drug-likeness (QED) is 0.366. The van der Waals surface area contributed by atoms with Crippen molar-refractivity contribution < 1.29 is 19.8 Å². The van der Waals surface area contributed by atoms with Gasteiger partial charge in [0.25, 0.3) is 0 Å². The van der Waals surface area contributed by atoms with Gasteiger partial charge in [0.15, 0.2) is 0 Å². The number of carboxylic acids is 2. The Morgan fingerprint density at radius 1 is 0.833 bits per heavy atom. The van der Waals surface area contributed by atoms with Crippen LogP contribution in [0, 0.1) is 11.8 Å². The van der Waals surface area contributed by atoms with E-state index in [1.54, 1.807) is 27.2 Å². The number of carboxylic acid groups (broad SMARTS) is 2. The van der Waals surface area contributed by atoms with Crippen molar-refractivity contribution >= 4 is 31.7 Å².